The standard InChI is InChI=1S/C16H20N6O4/c1-3-4-8-22-11-12(20(2)15(24)19-13(11)23)18-14(22)21-7-5-6-10(9-21)17-16(25)26/h10,17H,5-9H2,1-2H3,(H,25,26)(H,19,23,24)/t10-/m1/s1. The summed E-state index contributed by atoms with van der Waals surface area (Å²) in [6, 6.07) is -0.228. The van der Waals surface area contributed by atoms with Crippen molar-refractivity contribution in [2.45, 2.75) is 32.4 Å². The maximum absolute atomic E-state index is 12.4. The number of hydrogen-bond donors (Lipinski definition) is 3. The molecule has 26 heavy (non-hydrogen) atoms. The third kappa shape index (κ3) is 3.15. The molecule has 2 aromatic rings. The summed E-state index contributed by atoms with van der Waals surface area (Å²) in [5.74, 6) is 6.22. The van der Waals surface area contributed by atoms with Crippen LogP contribution in [0.25, 0.3) is 11.2 Å². The molecule has 1 aliphatic rings. The van der Waals surface area contributed by atoms with Gasteiger partial charge < -0.3 is 15.3 Å². The van der Waals surface area contributed by atoms with Crippen LogP contribution in [0.3, 0.4) is 0 Å². The van der Waals surface area contributed by atoms with Crippen molar-refractivity contribution in [3.8, 4) is 11.8 Å². The van der Waals surface area contributed by atoms with E-state index in [-0.39, 0.29) is 23.8 Å². The van der Waals surface area contributed by atoms with Gasteiger partial charge >= 0.3 is 11.8 Å². The van der Waals surface area contributed by atoms with Gasteiger partial charge in [-0.1, -0.05) is 5.92 Å². The Balaban J connectivity index is 2.12. The number of anilines is 1. The first-order valence-electron chi connectivity index (χ1n) is 8.26. The molecule has 2 aromatic heterocycles. The molecule has 3 N–H and O–H groups in total. The third-order valence-electron chi connectivity index (χ3n) is 4.43. The largest absolute Gasteiger partial charge is 0.465 e. The number of nitrogens with zero attached hydrogens (tertiary/aromatic N) is 4. The van der Waals surface area contributed by atoms with E-state index in [0.717, 1.165) is 12.8 Å². The van der Waals surface area contributed by atoms with Gasteiger partial charge in [0.15, 0.2) is 11.2 Å². The fourth-order valence-corrected chi connectivity index (χ4v) is 3.22. The van der Waals surface area contributed by atoms with Gasteiger partial charge in [0.1, 0.15) is 0 Å². The molecule has 3 rings (SSSR count). The Morgan fingerprint density at radius 1 is 1.46 bits per heavy atom. The smallest absolute Gasteiger partial charge is 0.404 e. The van der Waals surface area contributed by atoms with E-state index in [1.54, 1.807) is 11.5 Å². The number of H-pyrrole nitrogens is 1. The van der Waals surface area contributed by atoms with Crippen molar-refractivity contribution in [1.29, 1.82) is 0 Å². The van der Waals surface area contributed by atoms with Gasteiger partial charge in [0, 0.05) is 26.2 Å². The minimum atomic E-state index is -1.07. The zero-order valence-corrected chi connectivity index (χ0v) is 14.6. The molecular weight excluding hydrogens is 340 g/mol. The Kier molecular flexibility index (Phi) is 4.71. The van der Waals surface area contributed by atoms with E-state index in [9.17, 15) is 14.4 Å². The van der Waals surface area contributed by atoms with Crippen LogP contribution in [0, 0.1) is 11.8 Å². The first-order chi connectivity index (χ1) is 12.4. The second-order valence-corrected chi connectivity index (χ2v) is 6.15. The lowest BCUT2D eigenvalue weighted by Gasteiger charge is -2.33. The SMILES string of the molecule is CC#CCn1c(N2CCC[C@@H](NC(=O)O)C2)nc2c1c(=O)[nH]c(=O)n2C. The van der Waals surface area contributed by atoms with Crippen LogP contribution in [-0.4, -0.2) is 49.4 Å². The van der Waals surface area contributed by atoms with Crippen LogP contribution in [-0.2, 0) is 13.6 Å². The number of aryl methyl sites for hydroxylation is 1. The highest BCUT2D eigenvalue weighted by atomic mass is 16.4. The Labute approximate surface area is 148 Å². The van der Waals surface area contributed by atoms with Gasteiger partial charge in [0.05, 0.1) is 6.54 Å². The lowest BCUT2D eigenvalue weighted by molar-refractivity contribution is 0.188. The zero-order valence-electron chi connectivity index (χ0n) is 14.6. The average molecular weight is 360 g/mol. The Hall–Kier alpha value is -3.22. The highest BCUT2D eigenvalue weighted by molar-refractivity contribution is 5.74. The number of fused-ring (bicyclic) bond motifs is 1. The third-order valence-corrected chi connectivity index (χ3v) is 4.43. The van der Waals surface area contributed by atoms with Crippen molar-refractivity contribution in [3.63, 3.8) is 0 Å². The van der Waals surface area contributed by atoms with Crippen LogP contribution in [0.2, 0.25) is 0 Å². The highest BCUT2D eigenvalue weighted by Crippen LogP contribution is 2.23. The number of imidazole rings is 1. The van der Waals surface area contributed by atoms with Crippen LogP contribution < -0.4 is 21.5 Å². The van der Waals surface area contributed by atoms with E-state index in [1.165, 1.54) is 11.6 Å². The van der Waals surface area contributed by atoms with E-state index in [2.05, 4.69) is 27.1 Å². The molecule has 0 saturated carbocycles. The molecule has 138 valence electrons. The normalized spacial score (nSPS) is 17.0. The number of hydrogen-bond acceptors (Lipinski definition) is 5. The average Bonchev–Trinajstić information content (AvgIpc) is 2.97. The van der Waals surface area contributed by atoms with Crippen LogP contribution in [0.4, 0.5) is 10.7 Å². The summed E-state index contributed by atoms with van der Waals surface area (Å²) in [5, 5.41) is 11.5. The van der Waals surface area contributed by atoms with Crippen molar-refractivity contribution in [1.82, 2.24) is 24.4 Å². The first-order valence-corrected chi connectivity index (χ1v) is 8.26. The lowest BCUT2D eigenvalue weighted by Crippen LogP contribution is -2.48. The number of piperidine rings is 1. The fourth-order valence-electron chi connectivity index (χ4n) is 3.22. The topological polar surface area (TPSA) is 125 Å². The molecule has 1 atom stereocenters. The van der Waals surface area contributed by atoms with Crippen molar-refractivity contribution in [2.24, 2.45) is 7.05 Å². The van der Waals surface area contributed by atoms with Gasteiger partial charge in [-0.05, 0) is 19.8 Å². The minimum absolute atomic E-state index is 0.228. The Morgan fingerprint density at radius 2 is 2.23 bits per heavy atom. The first kappa shape index (κ1) is 17.6. The minimum Gasteiger partial charge on any atom is -0.465 e. The van der Waals surface area contributed by atoms with E-state index < -0.39 is 17.3 Å². The summed E-state index contributed by atoms with van der Waals surface area (Å²) in [6.45, 7) is 3.05. The second-order valence-electron chi connectivity index (χ2n) is 6.15. The molecule has 1 saturated heterocycles. The number of amides is 1. The highest BCUT2D eigenvalue weighted by Gasteiger charge is 2.26. The van der Waals surface area contributed by atoms with Gasteiger partial charge in [0.25, 0.3) is 5.56 Å². The maximum atomic E-state index is 12.4. The monoisotopic (exact) mass is 360 g/mol. The quantitative estimate of drug-likeness (QED) is 0.645. The predicted octanol–water partition coefficient (Wildman–Crippen LogP) is -0.317. The maximum Gasteiger partial charge on any atom is 0.404 e. The number of aromatic amines is 1. The molecule has 0 unspecified atom stereocenters. The number of rotatable bonds is 3. The van der Waals surface area contributed by atoms with Crippen LogP contribution in [0.15, 0.2) is 9.59 Å². The molecule has 0 aromatic carbocycles. The molecule has 10 heteroatoms. The molecular formula is C16H20N6O4. The van der Waals surface area contributed by atoms with Crippen molar-refractivity contribution >= 4 is 23.2 Å². The van der Waals surface area contributed by atoms with Crippen molar-refractivity contribution in [2.75, 3.05) is 18.0 Å². The molecule has 0 spiro atoms. The molecule has 10 nitrogen and oxygen atoms in total. The second kappa shape index (κ2) is 6.95. The van der Waals surface area contributed by atoms with E-state index in [0.29, 0.717) is 19.0 Å². The fraction of sp³-hybridized carbons (Fsp3) is 0.500. The van der Waals surface area contributed by atoms with Crippen LogP contribution in [0.5, 0.6) is 0 Å². The number of carboxylic acid groups (broad SMARTS) is 1. The van der Waals surface area contributed by atoms with Gasteiger partial charge in [-0.3, -0.25) is 18.9 Å². The molecule has 3 heterocycles. The van der Waals surface area contributed by atoms with Gasteiger partial charge in [-0.15, -0.1) is 5.92 Å². The predicted molar refractivity (Wildman–Crippen MR) is 95.4 cm³/mol. The van der Waals surface area contributed by atoms with Crippen molar-refractivity contribution in [3.05, 3.63) is 20.8 Å². The summed E-state index contributed by atoms with van der Waals surface area (Å²) in [4.78, 5) is 43.9. The summed E-state index contributed by atoms with van der Waals surface area (Å²) in [6.07, 6.45) is 0.445. The summed E-state index contributed by atoms with van der Waals surface area (Å²) in [5.41, 5.74) is -0.501. The molecule has 0 radical (unpaired) electrons. The summed E-state index contributed by atoms with van der Waals surface area (Å²) in [7, 11) is 1.54. The van der Waals surface area contributed by atoms with Crippen LogP contribution >= 0.6 is 0 Å². The Bertz CT molecular complexity index is 1020. The number of carbonyl (C=O) groups is 1. The van der Waals surface area contributed by atoms with E-state index in [1.807, 2.05) is 4.90 Å². The number of aromatic nitrogens is 4. The summed E-state index contributed by atoms with van der Waals surface area (Å²) < 4.78 is 2.96. The molecule has 1 aliphatic heterocycles. The van der Waals surface area contributed by atoms with E-state index in [4.69, 9.17) is 5.11 Å². The lowest BCUT2D eigenvalue weighted by atomic mass is 10.1. The number of nitrogens with one attached hydrogen (secondary N) is 2. The molecule has 0 bridgehead atoms. The van der Waals surface area contributed by atoms with Crippen molar-refractivity contribution < 1.29 is 9.90 Å². The summed E-state index contributed by atoms with van der Waals surface area (Å²) >= 11 is 0. The molecule has 1 fully saturated rings. The molecule has 0 aliphatic carbocycles. The Morgan fingerprint density at radius 3 is 2.92 bits per heavy atom. The van der Waals surface area contributed by atoms with E-state index >= 15 is 0 Å². The van der Waals surface area contributed by atoms with Gasteiger partial charge in [-0.2, -0.15) is 4.98 Å². The van der Waals surface area contributed by atoms with Crippen LogP contribution in [0.1, 0.15) is 19.8 Å². The van der Waals surface area contributed by atoms with Gasteiger partial charge in [0.2, 0.25) is 5.95 Å². The van der Waals surface area contributed by atoms with Gasteiger partial charge in [-0.25, -0.2) is 9.59 Å². The molecule has 1 amide bonds. The zero-order chi connectivity index (χ0) is 18.8.